The van der Waals surface area contributed by atoms with E-state index < -0.39 is 0 Å². The van der Waals surface area contributed by atoms with Crippen LogP contribution in [0.2, 0.25) is 0 Å². The molecule has 0 fully saturated rings. The zero-order valence-electron chi connectivity index (χ0n) is 9.10. The Morgan fingerprint density at radius 2 is 2.35 bits per heavy atom. The van der Waals surface area contributed by atoms with E-state index in [0.29, 0.717) is 5.56 Å². The van der Waals surface area contributed by atoms with Crippen LogP contribution in [0.1, 0.15) is 29.3 Å². The van der Waals surface area contributed by atoms with Gasteiger partial charge in [0.05, 0.1) is 24.0 Å². The minimum Gasteiger partial charge on any atom is -0.327 e. The topological polar surface area (TPSA) is 41.6 Å². The number of halogens is 1. The molecule has 2 aromatic rings. The first-order valence-corrected chi connectivity index (χ1v) is 5.50. The Kier molecular flexibility index (Phi) is 2.19. The van der Waals surface area contributed by atoms with Crippen LogP contribution in [0.5, 0.6) is 0 Å². The summed E-state index contributed by atoms with van der Waals surface area (Å²) in [5, 5.41) is 9.06. The SMILES string of the molecule is N#Cc1cc(F)ccc1C1CCc2cncn21. The number of nitrogens with zero attached hydrogens (tertiary/aromatic N) is 3. The molecule has 1 aliphatic rings. The molecule has 2 heterocycles. The maximum absolute atomic E-state index is 13.1. The van der Waals surface area contributed by atoms with E-state index >= 15 is 0 Å². The molecule has 1 aromatic heterocycles. The van der Waals surface area contributed by atoms with Gasteiger partial charge in [0.15, 0.2) is 0 Å². The maximum Gasteiger partial charge on any atom is 0.124 e. The molecule has 1 aliphatic heterocycles. The molecule has 3 nitrogen and oxygen atoms in total. The normalized spacial score (nSPS) is 17.8. The molecule has 0 bridgehead atoms. The van der Waals surface area contributed by atoms with E-state index in [1.807, 2.05) is 6.20 Å². The molecular weight excluding hydrogens is 217 g/mol. The largest absolute Gasteiger partial charge is 0.327 e. The van der Waals surface area contributed by atoms with Crippen LogP contribution >= 0.6 is 0 Å². The highest BCUT2D eigenvalue weighted by Crippen LogP contribution is 2.33. The monoisotopic (exact) mass is 227 g/mol. The number of hydrogen-bond donors (Lipinski definition) is 0. The molecule has 0 saturated heterocycles. The second-order valence-corrected chi connectivity index (χ2v) is 4.19. The number of aromatic nitrogens is 2. The molecule has 1 atom stereocenters. The van der Waals surface area contributed by atoms with Gasteiger partial charge in [-0.15, -0.1) is 0 Å². The molecule has 1 unspecified atom stereocenters. The molecule has 0 spiro atoms. The van der Waals surface area contributed by atoms with Crippen molar-refractivity contribution in [2.24, 2.45) is 0 Å². The fourth-order valence-electron chi connectivity index (χ4n) is 2.45. The van der Waals surface area contributed by atoms with E-state index in [-0.39, 0.29) is 11.9 Å². The van der Waals surface area contributed by atoms with Crippen molar-refractivity contribution in [1.29, 1.82) is 5.26 Å². The van der Waals surface area contributed by atoms with Crippen molar-refractivity contribution in [2.75, 3.05) is 0 Å². The maximum atomic E-state index is 13.1. The molecule has 3 rings (SSSR count). The number of aryl methyl sites for hydroxylation is 1. The van der Waals surface area contributed by atoms with Crippen molar-refractivity contribution >= 4 is 0 Å². The smallest absolute Gasteiger partial charge is 0.124 e. The van der Waals surface area contributed by atoms with Gasteiger partial charge in [-0.3, -0.25) is 0 Å². The Bertz CT molecular complexity index is 609. The number of benzene rings is 1. The van der Waals surface area contributed by atoms with E-state index in [9.17, 15) is 4.39 Å². The lowest BCUT2D eigenvalue weighted by Crippen LogP contribution is -2.06. The highest BCUT2D eigenvalue weighted by atomic mass is 19.1. The van der Waals surface area contributed by atoms with Gasteiger partial charge in [-0.2, -0.15) is 5.26 Å². The molecule has 0 aliphatic carbocycles. The van der Waals surface area contributed by atoms with Crippen molar-refractivity contribution in [3.05, 3.63) is 53.4 Å². The number of rotatable bonds is 1. The molecular formula is C13H10FN3. The predicted octanol–water partition coefficient (Wildman–Crippen LogP) is 2.43. The van der Waals surface area contributed by atoms with Gasteiger partial charge in [0, 0.05) is 11.9 Å². The van der Waals surface area contributed by atoms with Gasteiger partial charge in [-0.05, 0) is 30.5 Å². The first-order valence-electron chi connectivity index (χ1n) is 5.50. The van der Waals surface area contributed by atoms with Gasteiger partial charge in [0.2, 0.25) is 0 Å². The van der Waals surface area contributed by atoms with Crippen LogP contribution in [0.15, 0.2) is 30.7 Å². The Morgan fingerprint density at radius 3 is 3.18 bits per heavy atom. The van der Waals surface area contributed by atoms with Crippen LogP contribution in [0.25, 0.3) is 0 Å². The van der Waals surface area contributed by atoms with Gasteiger partial charge in [0.1, 0.15) is 5.82 Å². The molecule has 1 aromatic carbocycles. The predicted molar refractivity (Wildman–Crippen MR) is 59.8 cm³/mol. The lowest BCUT2D eigenvalue weighted by molar-refractivity contribution is 0.602. The van der Waals surface area contributed by atoms with E-state index in [0.717, 1.165) is 18.4 Å². The summed E-state index contributed by atoms with van der Waals surface area (Å²) < 4.78 is 15.2. The summed E-state index contributed by atoms with van der Waals surface area (Å²) in [6.45, 7) is 0. The number of imidazole rings is 1. The Morgan fingerprint density at radius 1 is 1.47 bits per heavy atom. The summed E-state index contributed by atoms with van der Waals surface area (Å²) in [6.07, 6.45) is 5.51. The van der Waals surface area contributed by atoms with Crippen molar-refractivity contribution in [1.82, 2.24) is 9.55 Å². The van der Waals surface area contributed by atoms with Gasteiger partial charge in [0.25, 0.3) is 0 Å². The average Bonchev–Trinajstić information content (AvgIpc) is 2.91. The molecule has 4 heteroatoms. The first kappa shape index (κ1) is 10.0. The second kappa shape index (κ2) is 3.70. The minimum absolute atomic E-state index is 0.114. The van der Waals surface area contributed by atoms with E-state index in [1.54, 1.807) is 12.4 Å². The summed E-state index contributed by atoms with van der Waals surface area (Å²) in [4.78, 5) is 4.10. The summed E-state index contributed by atoms with van der Waals surface area (Å²) in [5.74, 6) is -0.367. The van der Waals surface area contributed by atoms with Crippen LogP contribution in [0.4, 0.5) is 4.39 Å². The van der Waals surface area contributed by atoms with Crippen molar-refractivity contribution in [2.45, 2.75) is 18.9 Å². The summed E-state index contributed by atoms with van der Waals surface area (Å²) >= 11 is 0. The molecule has 17 heavy (non-hydrogen) atoms. The van der Waals surface area contributed by atoms with Crippen molar-refractivity contribution in [3.63, 3.8) is 0 Å². The lowest BCUT2D eigenvalue weighted by Gasteiger charge is -2.14. The second-order valence-electron chi connectivity index (χ2n) is 4.19. The highest BCUT2D eigenvalue weighted by Gasteiger charge is 2.25. The zero-order chi connectivity index (χ0) is 11.8. The zero-order valence-corrected chi connectivity index (χ0v) is 9.10. The van der Waals surface area contributed by atoms with Gasteiger partial charge in [-0.1, -0.05) is 6.07 Å². The molecule has 0 amide bonds. The lowest BCUT2D eigenvalue weighted by atomic mass is 9.99. The Labute approximate surface area is 98.1 Å². The number of nitriles is 1. The fraction of sp³-hybridized carbons (Fsp3) is 0.231. The molecule has 84 valence electrons. The van der Waals surface area contributed by atoms with E-state index in [1.165, 1.54) is 17.8 Å². The third-order valence-corrected chi connectivity index (χ3v) is 3.25. The number of hydrogen-bond acceptors (Lipinski definition) is 2. The fourth-order valence-corrected chi connectivity index (χ4v) is 2.45. The van der Waals surface area contributed by atoms with E-state index in [2.05, 4.69) is 15.6 Å². The first-order chi connectivity index (χ1) is 8.29. The third-order valence-electron chi connectivity index (χ3n) is 3.25. The summed E-state index contributed by atoms with van der Waals surface area (Å²) in [7, 11) is 0. The molecule has 0 radical (unpaired) electrons. The van der Waals surface area contributed by atoms with Crippen LogP contribution in [0.3, 0.4) is 0 Å². The van der Waals surface area contributed by atoms with Crippen LogP contribution in [-0.4, -0.2) is 9.55 Å². The van der Waals surface area contributed by atoms with Gasteiger partial charge >= 0.3 is 0 Å². The Hall–Kier alpha value is -2.15. The quantitative estimate of drug-likeness (QED) is 0.750. The summed E-state index contributed by atoms with van der Waals surface area (Å²) in [5.41, 5.74) is 2.46. The standard InChI is InChI=1S/C13H10FN3/c14-10-1-3-12(9(5-10)6-15)13-4-2-11-7-16-8-17(11)13/h1,3,5,7-8,13H,2,4H2. The third kappa shape index (κ3) is 1.51. The van der Waals surface area contributed by atoms with Gasteiger partial charge < -0.3 is 4.57 Å². The van der Waals surface area contributed by atoms with E-state index in [4.69, 9.17) is 5.26 Å². The average molecular weight is 227 g/mol. The molecule has 0 saturated carbocycles. The van der Waals surface area contributed by atoms with Crippen LogP contribution < -0.4 is 0 Å². The highest BCUT2D eigenvalue weighted by molar-refractivity contribution is 5.41. The van der Waals surface area contributed by atoms with Crippen LogP contribution in [0, 0.1) is 17.1 Å². The number of fused-ring (bicyclic) bond motifs is 1. The summed E-state index contributed by atoms with van der Waals surface area (Å²) in [6, 6.07) is 6.58. The van der Waals surface area contributed by atoms with Crippen LogP contribution in [-0.2, 0) is 6.42 Å². The molecule has 0 N–H and O–H groups in total. The van der Waals surface area contributed by atoms with Gasteiger partial charge in [-0.25, -0.2) is 9.37 Å². The van der Waals surface area contributed by atoms with Crippen molar-refractivity contribution < 1.29 is 4.39 Å². The minimum atomic E-state index is -0.367. The van der Waals surface area contributed by atoms with Crippen molar-refractivity contribution in [3.8, 4) is 6.07 Å². The Balaban J connectivity index is 2.10.